The largest absolute Gasteiger partial charge is 0.271 e. The van der Waals surface area contributed by atoms with Gasteiger partial charge in [0.15, 0.2) is 0 Å². The molecule has 0 bridgehead atoms. The summed E-state index contributed by atoms with van der Waals surface area (Å²) in [6.07, 6.45) is 0. The van der Waals surface area contributed by atoms with E-state index in [0.29, 0.717) is 16.6 Å². The van der Waals surface area contributed by atoms with Crippen molar-refractivity contribution in [2.24, 2.45) is 5.84 Å². The zero-order chi connectivity index (χ0) is 8.27. The third-order valence-corrected chi connectivity index (χ3v) is 1.66. The highest BCUT2D eigenvalue weighted by Crippen LogP contribution is 2.18. The van der Waals surface area contributed by atoms with Crippen LogP contribution in [0.4, 0.5) is 0 Å². The normalized spacial score (nSPS) is 10.1. The van der Waals surface area contributed by atoms with E-state index in [0.717, 1.165) is 5.56 Å². The van der Waals surface area contributed by atoms with Gasteiger partial charge in [0.05, 0.1) is 0 Å². The molecule has 1 aromatic carbocycles. The van der Waals surface area contributed by atoms with Gasteiger partial charge in [0, 0.05) is 16.6 Å². The quantitative estimate of drug-likeness (QED) is 0.553. The number of nitrogens with one attached hydrogen (secondary N) is 1. The van der Waals surface area contributed by atoms with E-state index in [1.807, 2.05) is 12.1 Å². The minimum Gasteiger partial charge on any atom is -0.271 e. The molecule has 1 aromatic rings. The Labute approximate surface area is 75.3 Å². The number of hydrazine groups is 1. The number of hydrogen-bond acceptors (Lipinski definition) is 2. The summed E-state index contributed by atoms with van der Waals surface area (Å²) in [5.41, 5.74) is 3.50. The van der Waals surface area contributed by atoms with E-state index < -0.39 is 0 Å². The van der Waals surface area contributed by atoms with Crippen molar-refractivity contribution in [1.82, 2.24) is 5.43 Å². The highest BCUT2D eigenvalue weighted by molar-refractivity contribution is 6.34. The number of benzene rings is 1. The Hall–Kier alpha value is -0.280. The molecule has 0 amide bonds. The molecule has 60 valence electrons. The Bertz CT molecular complexity index is 230. The van der Waals surface area contributed by atoms with E-state index in [9.17, 15) is 0 Å². The monoisotopic (exact) mass is 190 g/mol. The van der Waals surface area contributed by atoms with Gasteiger partial charge < -0.3 is 0 Å². The Balaban J connectivity index is 2.89. The third kappa shape index (κ3) is 2.67. The molecule has 0 saturated carbocycles. The van der Waals surface area contributed by atoms with Crippen LogP contribution in [0.5, 0.6) is 0 Å². The van der Waals surface area contributed by atoms with Crippen molar-refractivity contribution in [2.45, 2.75) is 6.54 Å². The summed E-state index contributed by atoms with van der Waals surface area (Å²) in [5, 5.41) is 1.26. The summed E-state index contributed by atoms with van der Waals surface area (Å²) >= 11 is 11.5. The van der Waals surface area contributed by atoms with Crippen molar-refractivity contribution in [1.29, 1.82) is 0 Å². The molecule has 0 radical (unpaired) electrons. The van der Waals surface area contributed by atoms with E-state index in [1.165, 1.54) is 0 Å². The molecule has 0 saturated heterocycles. The van der Waals surface area contributed by atoms with Crippen LogP contribution in [-0.4, -0.2) is 0 Å². The van der Waals surface area contributed by atoms with Crippen LogP contribution in [0.1, 0.15) is 5.56 Å². The second-order valence-corrected chi connectivity index (χ2v) is 3.03. The van der Waals surface area contributed by atoms with E-state index >= 15 is 0 Å². The molecule has 2 nitrogen and oxygen atoms in total. The summed E-state index contributed by atoms with van der Waals surface area (Å²) in [5.74, 6) is 5.12. The number of halogens is 2. The molecule has 0 aliphatic rings. The summed E-state index contributed by atoms with van der Waals surface area (Å²) in [7, 11) is 0. The van der Waals surface area contributed by atoms with E-state index in [4.69, 9.17) is 29.0 Å². The molecular weight excluding hydrogens is 183 g/mol. The molecule has 0 aliphatic carbocycles. The van der Waals surface area contributed by atoms with Crippen molar-refractivity contribution >= 4 is 23.2 Å². The highest BCUT2D eigenvalue weighted by Gasteiger charge is 1.95. The Morgan fingerprint density at radius 2 is 1.73 bits per heavy atom. The maximum absolute atomic E-state index is 5.73. The van der Waals surface area contributed by atoms with Gasteiger partial charge in [-0.05, 0) is 23.8 Å². The average molecular weight is 191 g/mol. The van der Waals surface area contributed by atoms with Crippen LogP contribution in [0.2, 0.25) is 10.0 Å². The van der Waals surface area contributed by atoms with Gasteiger partial charge in [-0.25, -0.2) is 0 Å². The molecular formula is C7H8Cl2N2. The fraction of sp³-hybridized carbons (Fsp3) is 0.143. The first-order valence-corrected chi connectivity index (χ1v) is 3.86. The van der Waals surface area contributed by atoms with Crippen LogP contribution in [-0.2, 0) is 6.54 Å². The van der Waals surface area contributed by atoms with E-state index in [2.05, 4.69) is 5.43 Å². The number of nitrogens with two attached hydrogens (primary N) is 1. The predicted octanol–water partition coefficient (Wildman–Crippen LogP) is 1.96. The molecule has 0 heterocycles. The summed E-state index contributed by atoms with van der Waals surface area (Å²) in [4.78, 5) is 0. The highest BCUT2D eigenvalue weighted by atomic mass is 35.5. The van der Waals surface area contributed by atoms with Gasteiger partial charge in [-0.15, -0.1) is 0 Å². The molecule has 0 aliphatic heterocycles. The lowest BCUT2D eigenvalue weighted by atomic mass is 10.2. The lowest BCUT2D eigenvalue weighted by Crippen LogP contribution is -2.20. The molecule has 0 atom stereocenters. The topological polar surface area (TPSA) is 38.0 Å². The smallest absolute Gasteiger partial charge is 0.0424 e. The average Bonchev–Trinajstić information content (AvgIpc) is 1.85. The zero-order valence-electron chi connectivity index (χ0n) is 5.77. The van der Waals surface area contributed by atoms with Crippen molar-refractivity contribution in [3.05, 3.63) is 33.8 Å². The van der Waals surface area contributed by atoms with Crippen molar-refractivity contribution in [3.8, 4) is 0 Å². The lowest BCUT2D eigenvalue weighted by Gasteiger charge is -2.00. The van der Waals surface area contributed by atoms with Crippen molar-refractivity contribution < 1.29 is 0 Å². The van der Waals surface area contributed by atoms with Crippen LogP contribution in [0.3, 0.4) is 0 Å². The van der Waals surface area contributed by atoms with Crippen LogP contribution in [0.15, 0.2) is 18.2 Å². The van der Waals surface area contributed by atoms with Gasteiger partial charge in [0.25, 0.3) is 0 Å². The van der Waals surface area contributed by atoms with Crippen LogP contribution in [0, 0.1) is 0 Å². The molecule has 0 unspecified atom stereocenters. The fourth-order valence-electron chi connectivity index (χ4n) is 0.831. The van der Waals surface area contributed by atoms with Crippen LogP contribution in [0.25, 0.3) is 0 Å². The molecule has 11 heavy (non-hydrogen) atoms. The zero-order valence-corrected chi connectivity index (χ0v) is 7.28. The SMILES string of the molecule is NNCc1cc(Cl)cc(Cl)c1. The molecule has 0 aromatic heterocycles. The molecule has 1 rings (SSSR count). The first-order valence-electron chi connectivity index (χ1n) is 3.11. The van der Waals surface area contributed by atoms with E-state index in [-0.39, 0.29) is 0 Å². The Kier molecular flexibility index (Phi) is 3.15. The Morgan fingerprint density at radius 1 is 1.18 bits per heavy atom. The van der Waals surface area contributed by atoms with Crippen molar-refractivity contribution in [2.75, 3.05) is 0 Å². The van der Waals surface area contributed by atoms with Gasteiger partial charge in [0.2, 0.25) is 0 Å². The minimum atomic E-state index is 0.570. The van der Waals surface area contributed by atoms with Gasteiger partial charge >= 0.3 is 0 Å². The predicted molar refractivity (Wildman–Crippen MR) is 47.5 cm³/mol. The molecule has 4 heteroatoms. The molecule has 0 spiro atoms. The van der Waals surface area contributed by atoms with Crippen LogP contribution >= 0.6 is 23.2 Å². The summed E-state index contributed by atoms with van der Waals surface area (Å²) in [6, 6.07) is 5.31. The maximum atomic E-state index is 5.73. The second-order valence-electron chi connectivity index (χ2n) is 2.16. The van der Waals surface area contributed by atoms with E-state index in [1.54, 1.807) is 6.07 Å². The van der Waals surface area contributed by atoms with Gasteiger partial charge in [0.1, 0.15) is 0 Å². The number of rotatable bonds is 2. The number of hydrogen-bond donors (Lipinski definition) is 2. The Morgan fingerprint density at radius 3 is 2.18 bits per heavy atom. The van der Waals surface area contributed by atoms with Crippen LogP contribution < -0.4 is 11.3 Å². The summed E-state index contributed by atoms with van der Waals surface area (Å²) in [6.45, 7) is 0.570. The van der Waals surface area contributed by atoms with Gasteiger partial charge in [-0.3, -0.25) is 11.3 Å². The molecule has 0 fully saturated rings. The third-order valence-electron chi connectivity index (χ3n) is 1.23. The maximum Gasteiger partial charge on any atom is 0.0424 e. The molecule has 3 N–H and O–H groups in total. The standard InChI is InChI=1S/C7H8Cl2N2/c8-6-1-5(4-11-10)2-7(9)3-6/h1-3,11H,4,10H2. The fourth-order valence-corrected chi connectivity index (χ4v) is 1.40. The summed E-state index contributed by atoms with van der Waals surface area (Å²) < 4.78 is 0. The first-order chi connectivity index (χ1) is 5.22. The van der Waals surface area contributed by atoms with Crippen molar-refractivity contribution in [3.63, 3.8) is 0 Å². The second kappa shape index (κ2) is 3.93. The minimum absolute atomic E-state index is 0.570. The van der Waals surface area contributed by atoms with Gasteiger partial charge in [-0.2, -0.15) is 0 Å². The lowest BCUT2D eigenvalue weighted by molar-refractivity contribution is 0.741. The van der Waals surface area contributed by atoms with Gasteiger partial charge in [-0.1, -0.05) is 23.2 Å². The first kappa shape index (κ1) is 8.81.